The highest BCUT2D eigenvalue weighted by atomic mass is 16.7. The maximum atomic E-state index is 10.7. The lowest BCUT2D eigenvalue weighted by atomic mass is 9.99. The Hall–Kier alpha value is -1.66. The summed E-state index contributed by atoms with van der Waals surface area (Å²) in [4.78, 5) is 0. The molecule has 0 radical (unpaired) electrons. The van der Waals surface area contributed by atoms with Crippen LogP contribution in [0.3, 0.4) is 0 Å². The number of hydrogen-bond donors (Lipinski definition) is 5. The van der Waals surface area contributed by atoms with Gasteiger partial charge in [0.2, 0.25) is 5.75 Å². The van der Waals surface area contributed by atoms with E-state index < -0.39 is 49.5 Å². The molecule has 160 valence electrons. The predicted molar refractivity (Wildman–Crippen MR) is 95.4 cm³/mol. The predicted octanol–water partition coefficient (Wildman–Crippen LogP) is -1.05. The summed E-state index contributed by atoms with van der Waals surface area (Å²) in [5.74, 6) is 1.05. The van der Waals surface area contributed by atoms with E-state index in [4.69, 9.17) is 23.7 Å². The summed E-state index contributed by atoms with van der Waals surface area (Å²) in [6, 6.07) is 3.11. The van der Waals surface area contributed by atoms with Crippen molar-refractivity contribution in [2.24, 2.45) is 0 Å². The maximum Gasteiger partial charge on any atom is 0.203 e. The van der Waals surface area contributed by atoms with Crippen molar-refractivity contribution in [1.82, 2.24) is 0 Å². The first-order valence-corrected chi connectivity index (χ1v) is 8.72. The Morgan fingerprint density at radius 1 is 0.964 bits per heavy atom. The van der Waals surface area contributed by atoms with Crippen molar-refractivity contribution >= 4 is 0 Å². The summed E-state index contributed by atoms with van der Waals surface area (Å²) in [6.45, 7) is 0.962. The molecule has 1 aliphatic heterocycles. The van der Waals surface area contributed by atoms with Crippen LogP contribution in [0.5, 0.6) is 17.2 Å². The molecular formula is C18H28O10. The molecule has 0 aromatic heterocycles. The third-order valence-corrected chi connectivity index (χ3v) is 4.67. The normalized spacial score (nSPS) is 29.8. The highest BCUT2D eigenvalue weighted by molar-refractivity contribution is 5.54. The van der Waals surface area contributed by atoms with Crippen LogP contribution < -0.4 is 14.2 Å². The SMILES string of the molecule is COc1cc([C@H](O)[C@H](C)O[C@@H]2O[C@H](CO)[C@@H](O)[C@H](O)[C@H]2O)cc(OC)c1OC. The second kappa shape index (κ2) is 9.70. The van der Waals surface area contributed by atoms with E-state index in [2.05, 4.69) is 0 Å². The fourth-order valence-corrected chi connectivity index (χ4v) is 3.01. The summed E-state index contributed by atoms with van der Waals surface area (Å²) < 4.78 is 26.6. The zero-order valence-electron chi connectivity index (χ0n) is 16.2. The van der Waals surface area contributed by atoms with Crippen molar-refractivity contribution in [2.75, 3.05) is 27.9 Å². The molecule has 5 N–H and O–H groups in total. The summed E-state index contributed by atoms with van der Waals surface area (Å²) in [7, 11) is 4.35. The molecule has 0 aliphatic carbocycles. The van der Waals surface area contributed by atoms with Gasteiger partial charge in [-0.3, -0.25) is 0 Å². The van der Waals surface area contributed by atoms with Crippen LogP contribution in [-0.4, -0.2) is 90.3 Å². The number of ether oxygens (including phenoxy) is 5. The van der Waals surface area contributed by atoms with Gasteiger partial charge in [0, 0.05) is 0 Å². The van der Waals surface area contributed by atoms with Crippen molar-refractivity contribution in [2.45, 2.75) is 49.8 Å². The third kappa shape index (κ3) is 4.49. The fourth-order valence-electron chi connectivity index (χ4n) is 3.01. The zero-order valence-corrected chi connectivity index (χ0v) is 16.2. The average Bonchev–Trinajstić information content (AvgIpc) is 2.72. The summed E-state index contributed by atoms with van der Waals surface area (Å²) >= 11 is 0. The van der Waals surface area contributed by atoms with Crippen molar-refractivity contribution in [3.8, 4) is 17.2 Å². The molecule has 28 heavy (non-hydrogen) atoms. The smallest absolute Gasteiger partial charge is 0.203 e. The highest BCUT2D eigenvalue weighted by Gasteiger charge is 2.45. The number of rotatable bonds is 8. The van der Waals surface area contributed by atoms with E-state index >= 15 is 0 Å². The van der Waals surface area contributed by atoms with Crippen LogP contribution in [0.25, 0.3) is 0 Å². The molecule has 0 saturated carbocycles. The van der Waals surface area contributed by atoms with Crippen LogP contribution in [0.2, 0.25) is 0 Å². The van der Waals surface area contributed by atoms with Gasteiger partial charge in [-0.2, -0.15) is 0 Å². The van der Waals surface area contributed by atoms with Crippen molar-refractivity contribution < 1.29 is 49.2 Å². The molecule has 0 unspecified atom stereocenters. The molecule has 0 spiro atoms. The molecule has 10 heteroatoms. The number of benzene rings is 1. The Bertz CT molecular complexity index is 612. The van der Waals surface area contributed by atoms with Gasteiger partial charge >= 0.3 is 0 Å². The lowest BCUT2D eigenvalue weighted by molar-refractivity contribution is -0.315. The fraction of sp³-hybridized carbons (Fsp3) is 0.667. The highest BCUT2D eigenvalue weighted by Crippen LogP contribution is 2.40. The molecule has 1 aromatic rings. The number of hydrogen-bond acceptors (Lipinski definition) is 10. The Balaban J connectivity index is 2.19. The van der Waals surface area contributed by atoms with Gasteiger partial charge in [0.25, 0.3) is 0 Å². The summed E-state index contributed by atoms with van der Waals surface area (Å²) in [6.07, 6.45) is -9.16. The Morgan fingerprint density at radius 3 is 2.00 bits per heavy atom. The van der Waals surface area contributed by atoms with Crippen molar-refractivity contribution in [1.29, 1.82) is 0 Å². The molecule has 1 saturated heterocycles. The molecule has 1 fully saturated rings. The van der Waals surface area contributed by atoms with Crippen LogP contribution in [0, 0.1) is 0 Å². The molecule has 0 amide bonds. The first-order chi connectivity index (χ1) is 13.3. The van der Waals surface area contributed by atoms with E-state index in [1.165, 1.54) is 28.3 Å². The van der Waals surface area contributed by atoms with Gasteiger partial charge in [0.1, 0.15) is 30.5 Å². The van der Waals surface area contributed by atoms with Gasteiger partial charge in [0.05, 0.1) is 34.0 Å². The number of methoxy groups -OCH3 is 3. The molecule has 7 atom stereocenters. The molecule has 10 nitrogen and oxygen atoms in total. The monoisotopic (exact) mass is 404 g/mol. The molecule has 1 heterocycles. The molecule has 1 aromatic carbocycles. The Morgan fingerprint density at radius 2 is 1.54 bits per heavy atom. The first-order valence-electron chi connectivity index (χ1n) is 8.72. The van der Waals surface area contributed by atoms with E-state index in [-0.39, 0.29) is 0 Å². The second-order valence-electron chi connectivity index (χ2n) is 6.44. The zero-order chi connectivity index (χ0) is 21.0. The first kappa shape index (κ1) is 22.6. The van der Waals surface area contributed by atoms with Gasteiger partial charge in [-0.25, -0.2) is 0 Å². The lowest BCUT2D eigenvalue weighted by Crippen LogP contribution is -2.59. The van der Waals surface area contributed by atoms with E-state index in [9.17, 15) is 25.5 Å². The van der Waals surface area contributed by atoms with Crippen LogP contribution in [0.4, 0.5) is 0 Å². The molecule has 0 bridgehead atoms. The van der Waals surface area contributed by atoms with E-state index in [1.807, 2.05) is 0 Å². The Labute approximate surface area is 162 Å². The van der Waals surface area contributed by atoms with E-state index in [1.54, 1.807) is 12.1 Å². The van der Waals surface area contributed by atoms with Gasteiger partial charge in [-0.15, -0.1) is 0 Å². The topological polar surface area (TPSA) is 147 Å². The summed E-state index contributed by atoms with van der Waals surface area (Å²) in [5, 5.41) is 49.7. The minimum atomic E-state index is -1.57. The minimum Gasteiger partial charge on any atom is -0.493 e. The minimum absolute atomic E-state index is 0.343. The quantitative estimate of drug-likeness (QED) is 0.364. The van der Waals surface area contributed by atoms with E-state index in [0.29, 0.717) is 22.8 Å². The van der Waals surface area contributed by atoms with Crippen LogP contribution in [0.15, 0.2) is 12.1 Å². The van der Waals surface area contributed by atoms with Crippen molar-refractivity contribution in [3.05, 3.63) is 17.7 Å². The third-order valence-electron chi connectivity index (χ3n) is 4.67. The van der Waals surface area contributed by atoms with Crippen LogP contribution >= 0.6 is 0 Å². The van der Waals surface area contributed by atoms with Gasteiger partial charge < -0.3 is 49.2 Å². The van der Waals surface area contributed by atoms with Gasteiger partial charge in [0.15, 0.2) is 17.8 Å². The van der Waals surface area contributed by atoms with Crippen LogP contribution in [-0.2, 0) is 9.47 Å². The average molecular weight is 404 g/mol. The standard InChI is InChI=1S/C18H28O10/c1-8(27-18-16(23)15(22)14(21)12(7-19)28-18)13(20)9-5-10(24-2)17(26-4)11(6-9)25-3/h5-6,8,12-16,18-23H,7H2,1-4H3/t8-,12+,13+,14+,15-,16+,18+/m0/s1. The maximum absolute atomic E-state index is 10.7. The molecular weight excluding hydrogens is 376 g/mol. The summed E-state index contributed by atoms with van der Waals surface area (Å²) in [5.41, 5.74) is 0.395. The molecule has 1 aliphatic rings. The Kier molecular flexibility index (Phi) is 7.84. The van der Waals surface area contributed by atoms with Crippen molar-refractivity contribution in [3.63, 3.8) is 0 Å². The lowest BCUT2D eigenvalue weighted by Gasteiger charge is -2.41. The number of aliphatic hydroxyl groups excluding tert-OH is 5. The largest absolute Gasteiger partial charge is 0.493 e. The van der Waals surface area contributed by atoms with Crippen LogP contribution in [0.1, 0.15) is 18.6 Å². The van der Waals surface area contributed by atoms with Gasteiger partial charge in [-0.1, -0.05) is 0 Å². The number of aliphatic hydroxyl groups is 5. The van der Waals surface area contributed by atoms with E-state index in [0.717, 1.165) is 0 Å². The van der Waals surface area contributed by atoms with Gasteiger partial charge in [-0.05, 0) is 24.6 Å². The molecule has 2 rings (SSSR count). The second-order valence-corrected chi connectivity index (χ2v) is 6.44.